The minimum absolute atomic E-state index is 0.127. The number of nitrogens with one attached hydrogen (secondary N) is 1. The maximum absolute atomic E-state index is 12.3. The standard InChI is InChI=1S/C12H15ClN2O5S/c1-12(2)10(6-11(12)16)14-21(19,20)7-3-4-8(13)9(5-7)15(17)18/h3-5,10-11,14,16H,6H2,1-2H3. The number of halogens is 1. The van der Waals surface area contributed by atoms with Gasteiger partial charge in [0.1, 0.15) is 5.02 Å². The predicted octanol–water partition coefficient (Wildman–Crippen LogP) is 1.69. The molecule has 1 aliphatic carbocycles. The molecule has 2 N–H and O–H groups in total. The zero-order chi connectivity index (χ0) is 16.0. The third-order valence-corrected chi connectivity index (χ3v) is 5.73. The highest BCUT2D eigenvalue weighted by Gasteiger charge is 2.49. The van der Waals surface area contributed by atoms with Crippen molar-refractivity contribution in [3.63, 3.8) is 0 Å². The Balaban J connectivity index is 2.29. The topological polar surface area (TPSA) is 110 Å². The summed E-state index contributed by atoms with van der Waals surface area (Å²) < 4.78 is 27.0. The molecule has 0 bridgehead atoms. The molecule has 1 saturated carbocycles. The monoisotopic (exact) mass is 334 g/mol. The van der Waals surface area contributed by atoms with E-state index in [0.29, 0.717) is 6.42 Å². The van der Waals surface area contributed by atoms with Gasteiger partial charge in [-0.15, -0.1) is 0 Å². The molecular formula is C12H15ClN2O5S. The Labute approximate surface area is 127 Å². The molecule has 0 aromatic heterocycles. The van der Waals surface area contributed by atoms with Crippen molar-refractivity contribution in [2.45, 2.75) is 37.3 Å². The summed E-state index contributed by atoms with van der Waals surface area (Å²) in [5.41, 5.74) is -1.04. The molecule has 2 unspecified atom stereocenters. The summed E-state index contributed by atoms with van der Waals surface area (Å²) in [7, 11) is -3.91. The van der Waals surface area contributed by atoms with Crippen LogP contribution in [-0.2, 0) is 10.0 Å². The van der Waals surface area contributed by atoms with E-state index in [0.717, 1.165) is 6.07 Å². The van der Waals surface area contributed by atoms with Crippen LogP contribution >= 0.6 is 11.6 Å². The molecule has 9 heteroatoms. The molecule has 1 aromatic rings. The fraction of sp³-hybridized carbons (Fsp3) is 0.500. The highest BCUT2D eigenvalue weighted by Crippen LogP contribution is 2.41. The number of aliphatic hydroxyl groups excluding tert-OH is 1. The fourth-order valence-electron chi connectivity index (χ4n) is 2.16. The molecule has 0 spiro atoms. The van der Waals surface area contributed by atoms with Gasteiger partial charge in [0.2, 0.25) is 10.0 Å². The van der Waals surface area contributed by atoms with Crippen molar-refractivity contribution in [2.24, 2.45) is 5.41 Å². The average molecular weight is 335 g/mol. The van der Waals surface area contributed by atoms with E-state index in [2.05, 4.69) is 4.72 Å². The van der Waals surface area contributed by atoms with E-state index in [9.17, 15) is 23.6 Å². The van der Waals surface area contributed by atoms with Crippen LogP contribution in [0.2, 0.25) is 5.02 Å². The minimum Gasteiger partial charge on any atom is -0.392 e. The quantitative estimate of drug-likeness (QED) is 0.643. The van der Waals surface area contributed by atoms with Gasteiger partial charge in [-0.2, -0.15) is 0 Å². The first-order valence-electron chi connectivity index (χ1n) is 6.20. The average Bonchev–Trinajstić information content (AvgIpc) is 2.38. The van der Waals surface area contributed by atoms with Gasteiger partial charge in [0, 0.05) is 17.5 Å². The van der Waals surface area contributed by atoms with Crippen molar-refractivity contribution in [3.05, 3.63) is 33.3 Å². The van der Waals surface area contributed by atoms with Crippen molar-refractivity contribution >= 4 is 27.3 Å². The van der Waals surface area contributed by atoms with Gasteiger partial charge in [-0.25, -0.2) is 13.1 Å². The van der Waals surface area contributed by atoms with Gasteiger partial charge < -0.3 is 5.11 Å². The van der Waals surface area contributed by atoms with Crippen LogP contribution in [0.3, 0.4) is 0 Å². The Morgan fingerprint density at radius 1 is 1.48 bits per heavy atom. The number of nitrogens with zero attached hydrogens (tertiary/aromatic N) is 1. The maximum atomic E-state index is 12.3. The van der Waals surface area contributed by atoms with Crippen LogP contribution < -0.4 is 4.72 Å². The van der Waals surface area contributed by atoms with E-state index in [1.165, 1.54) is 12.1 Å². The molecule has 0 aliphatic heterocycles. The number of nitro benzene ring substituents is 1. The summed E-state index contributed by atoms with van der Waals surface area (Å²) in [6, 6.07) is 2.88. The number of sulfonamides is 1. The van der Waals surface area contributed by atoms with Crippen LogP contribution in [0.4, 0.5) is 5.69 Å². The van der Waals surface area contributed by atoms with Crippen molar-refractivity contribution in [2.75, 3.05) is 0 Å². The maximum Gasteiger partial charge on any atom is 0.289 e. The van der Waals surface area contributed by atoms with Crippen molar-refractivity contribution < 1.29 is 18.4 Å². The number of nitro groups is 1. The van der Waals surface area contributed by atoms with Crippen LogP contribution in [0.15, 0.2) is 23.1 Å². The van der Waals surface area contributed by atoms with E-state index < -0.39 is 38.2 Å². The second-order valence-electron chi connectivity index (χ2n) is 5.62. The molecule has 2 atom stereocenters. The molecule has 0 saturated heterocycles. The smallest absolute Gasteiger partial charge is 0.289 e. The minimum atomic E-state index is -3.91. The van der Waals surface area contributed by atoms with Gasteiger partial charge >= 0.3 is 0 Å². The SMILES string of the molecule is CC1(C)C(O)CC1NS(=O)(=O)c1ccc(Cl)c([N+](=O)[O-])c1. The van der Waals surface area contributed by atoms with Gasteiger partial charge in [-0.05, 0) is 18.6 Å². The lowest BCUT2D eigenvalue weighted by atomic mass is 9.65. The van der Waals surface area contributed by atoms with Crippen LogP contribution in [-0.4, -0.2) is 30.6 Å². The zero-order valence-corrected chi connectivity index (χ0v) is 13.0. The number of benzene rings is 1. The number of aliphatic hydroxyl groups is 1. The van der Waals surface area contributed by atoms with Crippen LogP contribution in [0.1, 0.15) is 20.3 Å². The van der Waals surface area contributed by atoms with E-state index in [4.69, 9.17) is 11.6 Å². The van der Waals surface area contributed by atoms with Crippen molar-refractivity contribution in [1.29, 1.82) is 0 Å². The first-order chi connectivity index (χ1) is 9.55. The first kappa shape index (κ1) is 16.2. The Morgan fingerprint density at radius 2 is 2.10 bits per heavy atom. The Bertz CT molecular complexity index is 689. The fourth-order valence-corrected chi connectivity index (χ4v) is 3.77. The highest BCUT2D eigenvalue weighted by molar-refractivity contribution is 7.89. The van der Waals surface area contributed by atoms with Gasteiger partial charge in [0.15, 0.2) is 0 Å². The number of rotatable bonds is 4. The largest absolute Gasteiger partial charge is 0.392 e. The molecule has 1 fully saturated rings. The summed E-state index contributed by atoms with van der Waals surface area (Å²) in [5.74, 6) is 0. The van der Waals surface area contributed by atoms with Crippen LogP contribution in [0.25, 0.3) is 0 Å². The summed E-state index contributed by atoms with van der Waals surface area (Å²) in [6.45, 7) is 3.50. The summed E-state index contributed by atoms with van der Waals surface area (Å²) in [4.78, 5) is 9.85. The third kappa shape index (κ3) is 2.89. The lowest BCUT2D eigenvalue weighted by molar-refractivity contribution is -0.384. The van der Waals surface area contributed by atoms with Gasteiger partial charge in [-0.1, -0.05) is 25.4 Å². The first-order valence-corrected chi connectivity index (χ1v) is 8.06. The Morgan fingerprint density at radius 3 is 2.57 bits per heavy atom. The molecule has 2 rings (SSSR count). The molecule has 1 aromatic carbocycles. The highest BCUT2D eigenvalue weighted by atomic mass is 35.5. The van der Waals surface area contributed by atoms with Gasteiger partial charge in [-0.3, -0.25) is 10.1 Å². The lowest BCUT2D eigenvalue weighted by Gasteiger charge is -2.49. The normalized spacial score (nSPS) is 24.4. The molecular weight excluding hydrogens is 320 g/mol. The summed E-state index contributed by atoms with van der Waals surface area (Å²) in [6.07, 6.45) is -0.271. The number of hydrogen-bond acceptors (Lipinski definition) is 5. The second kappa shape index (κ2) is 5.20. The van der Waals surface area contributed by atoms with Gasteiger partial charge in [0.25, 0.3) is 5.69 Å². The lowest BCUT2D eigenvalue weighted by Crippen LogP contribution is -2.61. The van der Waals surface area contributed by atoms with Crippen molar-refractivity contribution in [3.8, 4) is 0 Å². The van der Waals surface area contributed by atoms with Gasteiger partial charge in [0.05, 0.1) is 15.9 Å². The van der Waals surface area contributed by atoms with E-state index in [1.807, 2.05) is 0 Å². The Hall–Kier alpha value is -1.22. The molecule has 7 nitrogen and oxygen atoms in total. The second-order valence-corrected chi connectivity index (χ2v) is 7.74. The number of hydrogen-bond donors (Lipinski definition) is 2. The molecule has 0 amide bonds. The third-order valence-electron chi connectivity index (χ3n) is 3.94. The van der Waals surface area contributed by atoms with E-state index >= 15 is 0 Å². The predicted molar refractivity (Wildman–Crippen MR) is 76.6 cm³/mol. The van der Waals surface area contributed by atoms with Crippen LogP contribution in [0.5, 0.6) is 0 Å². The zero-order valence-electron chi connectivity index (χ0n) is 11.4. The molecule has 21 heavy (non-hydrogen) atoms. The summed E-state index contributed by atoms with van der Waals surface area (Å²) in [5, 5.41) is 20.3. The van der Waals surface area contributed by atoms with E-state index in [-0.39, 0.29) is 9.92 Å². The molecule has 1 aliphatic rings. The Kier molecular flexibility index (Phi) is 4.00. The summed E-state index contributed by atoms with van der Waals surface area (Å²) >= 11 is 5.66. The van der Waals surface area contributed by atoms with E-state index in [1.54, 1.807) is 13.8 Å². The molecule has 0 radical (unpaired) electrons. The molecule has 0 heterocycles. The molecule has 116 valence electrons. The van der Waals surface area contributed by atoms with Crippen molar-refractivity contribution in [1.82, 2.24) is 4.72 Å². The van der Waals surface area contributed by atoms with Crippen LogP contribution in [0, 0.1) is 15.5 Å².